The van der Waals surface area contributed by atoms with E-state index in [1.165, 1.54) is 4.31 Å². The highest BCUT2D eigenvalue weighted by Gasteiger charge is 2.39. The van der Waals surface area contributed by atoms with Crippen molar-refractivity contribution in [2.24, 2.45) is 0 Å². The second-order valence-electron chi connectivity index (χ2n) is 7.88. The second-order valence-corrected chi connectivity index (χ2v) is 9.77. The summed E-state index contributed by atoms with van der Waals surface area (Å²) < 4.78 is 29.5. The van der Waals surface area contributed by atoms with E-state index in [0.717, 1.165) is 17.0 Å². The molecular formula is C23H26N4O3S. The van der Waals surface area contributed by atoms with Crippen LogP contribution in [0.2, 0.25) is 0 Å². The standard InChI is InChI=1S/C23H26N4O3S/c1-17-5-11-21(12-6-17)31(29,30)27-14-3-4-22(27)23(28)25-20-9-7-19(8-10-20)16-26-15-13-24-18(26)2/h5-13,15,22H,3-4,14,16H2,1-2H3,(H,25,28)/t22-/m0/s1. The Balaban J connectivity index is 1.45. The number of benzene rings is 2. The molecule has 7 nitrogen and oxygen atoms in total. The molecule has 0 spiro atoms. The van der Waals surface area contributed by atoms with Gasteiger partial charge in [0.2, 0.25) is 15.9 Å². The summed E-state index contributed by atoms with van der Waals surface area (Å²) in [7, 11) is -3.72. The number of rotatable bonds is 6. The van der Waals surface area contributed by atoms with Gasteiger partial charge in [0.25, 0.3) is 0 Å². The second kappa shape index (κ2) is 8.64. The summed E-state index contributed by atoms with van der Waals surface area (Å²) >= 11 is 0. The van der Waals surface area contributed by atoms with E-state index in [1.54, 1.807) is 30.5 Å². The molecule has 1 aromatic heterocycles. The van der Waals surface area contributed by atoms with Crippen LogP contribution < -0.4 is 5.32 Å². The Bertz CT molecular complexity index is 1170. The molecule has 1 N–H and O–H groups in total. The van der Waals surface area contributed by atoms with E-state index in [2.05, 4.69) is 10.3 Å². The van der Waals surface area contributed by atoms with Gasteiger partial charge in [-0.05, 0) is 56.5 Å². The lowest BCUT2D eigenvalue weighted by molar-refractivity contribution is -0.119. The molecule has 162 valence electrons. The first kappa shape index (κ1) is 21.3. The molecule has 1 saturated heterocycles. The third-order valence-corrected chi connectivity index (χ3v) is 7.55. The molecule has 4 rings (SSSR count). The van der Waals surface area contributed by atoms with Crippen LogP contribution in [0.15, 0.2) is 65.8 Å². The summed E-state index contributed by atoms with van der Waals surface area (Å²) in [4.78, 5) is 17.4. The van der Waals surface area contributed by atoms with Crippen LogP contribution in [-0.2, 0) is 21.4 Å². The molecule has 1 aliphatic rings. The lowest BCUT2D eigenvalue weighted by Gasteiger charge is -2.23. The van der Waals surface area contributed by atoms with Crippen LogP contribution in [0, 0.1) is 13.8 Å². The van der Waals surface area contributed by atoms with Crippen molar-refractivity contribution in [3.63, 3.8) is 0 Å². The van der Waals surface area contributed by atoms with Crippen molar-refractivity contribution in [2.75, 3.05) is 11.9 Å². The lowest BCUT2D eigenvalue weighted by Crippen LogP contribution is -2.43. The van der Waals surface area contributed by atoms with Gasteiger partial charge < -0.3 is 9.88 Å². The van der Waals surface area contributed by atoms with Crippen LogP contribution >= 0.6 is 0 Å². The van der Waals surface area contributed by atoms with E-state index in [9.17, 15) is 13.2 Å². The van der Waals surface area contributed by atoms with Crippen LogP contribution in [0.1, 0.15) is 29.8 Å². The number of nitrogens with one attached hydrogen (secondary N) is 1. The molecule has 3 aromatic rings. The van der Waals surface area contributed by atoms with Gasteiger partial charge in [-0.15, -0.1) is 0 Å². The number of carbonyl (C=O) groups excluding carboxylic acids is 1. The molecule has 31 heavy (non-hydrogen) atoms. The van der Waals surface area contributed by atoms with Crippen molar-refractivity contribution in [2.45, 2.75) is 44.2 Å². The maximum atomic E-state index is 13.1. The third kappa shape index (κ3) is 4.55. The fourth-order valence-corrected chi connectivity index (χ4v) is 5.48. The Kier molecular flexibility index (Phi) is 5.93. The van der Waals surface area contributed by atoms with E-state index in [0.29, 0.717) is 31.6 Å². The van der Waals surface area contributed by atoms with E-state index in [1.807, 2.05) is 48.9 Å². The average Bonchev–Trinajstić information content (AvgIpc) is 3.40. The monoisotopic (exact) mass is 438 g/mol. The summed E-state index contributed by atoms with van der Waals surface area (Å²) in [6, 6.07) is 13.6. The van der Waals surface area contributed by atoms with Gasteiger partial charge in [0.1, 0.15) is 11.9 Å². The first-order valence-corrected chi connectivity index (χ1v) is 11.7. The number of sulfonamides is 1. The number of hydrogen-bond acceptors (Lipinski definition) is 4. The number of imidazole rings is 1. The van der Waals surface area contributed by atoms with Gasteiger partial charge in [0.15, 0.2) is 0 Å². The molecule has 0 bridgehead atoms. The molecular weight excluding hydrogens is 412 g/mol. The molecule has 1 aliphatic heterocycles. The summed E-state index contributed by atoms with van der Waals surface area (Å²) in [5, 5.41) is 2.88. The molecule has 8 heteroatoms. The number of aromatic nitrogens is 2. The summed E-state index contributed by atoms with van der Waals surface area (Å²) in [6.45, 7) is 4.90. The van der Waals surface area contributed by atoms with E-state index in [-0.39, 0.29) is 10.8 Å². The maximum absolute atomic E-state index is 13.1. The Morgan fingerprint density at radius 2 is 1.81 bits per heavy atom. The minimum absolute atomic E-state index is 0.219. The number of anilines is 1. The molecule has 0 saturated carbocycles. The topological polar surface area (TPSA) is 84.3 Å². The van der Waals surface area contributed by atoms with Crippen molar-refractivity contribution in [1.82, 2.24) is 13.9 Å². The highest BCUT2D eigenvalue weighted by Crippen LogP contribution is 2.27. The van der Waals surface area contributed by atoms with Gasteiger partial charge in [-0.25, -0.2) is 13.4 Å². The van der Waals surface area contributed by atoms with Gasteiger partial charge in [-0.3, -0.25) is 4.79 Å². The van der Waals surface area contributed by atoms with Crippen LogP contribution in [0.3, 0.4) is 0 Å². The minimum atomic E-state index is -3.72. The summed E-state index contributed by atoms with van der Waals surface area (Å²) in [5.74, 6) is 0.639. The van der Waals surface area contributed by atoms with Gasteiger partial charge in [-0.1, -0.05) is 29.8 Å². The fourth-order valence-electron chi connectivity index (χ4n) is 3.82. The number of carbonyl (C=O) groups is 1. The largest absolute Gasteiger partial charge is 0.331 e. The van der Waals surface area contributed by atoms with Crippen molar-refractivity contribution in [1.29, 1.82) is 0 Å². The minimum Gasteiger partial charge on any atom is -0.331 e. The Hall–Kier alpha value is -2.97. The molecule has 0 unspecified atom stereocenters. The normalized spacial score (nSPS) is 17.0. The molecule has 0 radical (unpaired) electrons. The van der Waals surface area contributed by atoms with E-state index in [4.69, 9.17) is 0 Å². The molecule has 2 heterocycles. The first-order chi connectivity index (χ1) is 14.8. The quantitative estimate of drug-likeness (QED) is 0.640. The van der Waals surface area contributed by atoms with Crippen molar-refractivity contribution < 1.29 is 13.2 Å². The van der Waals surface area contributed by atoms with Crippen LogP contribution in [0.25, 0.3) is 0 Å². The van der Waals surface area contributed by atoms with Crippen molar-refractivity contribution >= 4 is 21.6 Å². The predicted octanol–water partition coefficient (Wildman–Crippen LogP) is 3.34. The molecule has 1 amide bonds. The number of amides is 1. The first-order valence-electron chi connectivity index (χ1n) is 10.3. The van der Waals surface area contributed by atoms with Crippen LogP contribution in [-0.4, -0.2) is 40.8 Å². The Morgan fingerprint density at radius 3 is 2.45 bits per heavy atom. The number of hydrogen-bond donors (Lipinski definition) is 1. The number of nitrogens with zero attached hydrogens (tertiary/aromatic N) is 3. The number of aryl methyl sites for hydroxylation is 2. The van der Waals surface area contributed by atoms with Crippen LogP contribution in [0.5, 0.6) is 0 Å². The van der Waals surface area contributed by atoms with Crippen LogP contribution in [0.4, 0.5) is 5.69 Å². The van der Waals surface area contributed by atoms with Gasteiger partial charge >= 0.3 is 0 Å². The van der Waals surface area contributed by atoms with Gasteiger partial charge in [0, 0.05) is 31.2 Å². The zero-order chi connectivity index (χ0) is 22.0. The van der Waals surface area contributed by atoms with E-state index < -0.39 is 16.1 Å². The zero-order valence-electron chi connectivity index (χ0n) is 17.7. The summed E-state index contributed by atoms with van der Waals surface area (Å²) in [6.07, 6.45) is 4.86. The zero-order valence-corrected chi connectivity index (χ0v) is 18.5. The summed E-state index contributed by atoms with van der Waals surface area (Å²) in [5.41, 5.74) is 2.72. The average molecular weight is 439 g/mol. The predicted molar refractivity (Wildman–Crippen MR) is 119 cm³/mol. The smallest absolute Gasteiger partial charge is 0.243 e. The Labute approximate surface area is 182 Å². The van der Waals surface area contributed by atoms with E-state index >= 15 is 0 Å². The van der Waals surface area contributed by atoms with Crippen molar-refractivity contribution in [3.05, 3.63) is 77.9 Å². The molecule has 1 atom stereocenters. The molecule has 2 aromatic carbocycles. The van der Waals surface area contributed by atoms with Gasteiger partial charge in [0.05, 0.1) is 4.90 Å². The molecule has 1 fully saturated rings. The highest BCUT2D eigenvalue weighted by atomic mass is 32.2. The Morgan fingerprint density at radius 1 is 1.10 bits per heavy atom. The highest BCUT2D eigenvalue weighted by molar-refractivity contribution is 7.89. The van der Waals surface area contributed by atoms with Crippen molar-refractivity contribution in [3.8, 4) is 0 Å². The SMILES string of the molecule is Cc1ccc(S(=O)(=O)N2CCC[C@H]2C(=O)Nc2ccc(Cn3ccnc3C)cc2)cc1. The third-order valence-electron chi connectivity index (χ3n) is 5.63. The fraction of sp³-hybridized carbons (Fsp3) is 0.304. The molecule has 0 aliphatic carbocycles. The maximum Gasteiger partial charge on any atom is 0.243 e. The lowest BCUT2D eigenvalue weighted by atomic mass is 10.2. The van der Waals surface area contributed by atoms with Gasteiger partial charge in [-0.2, -0.15) is 4.31 Å².